The van der Waals surface area contributed by atoms with Crippen molar-refractivity contribution in [3.63, 3.8) is 0 Å². The van der Waals surface area contributed by atoms with E-state index in [-0.39, 0.29) is 5.82 Å². The number of nitrogens with zero attached hydrogens (tertiary/aromatic N) is 1. The van der Waals surface area contributed by atoms with Crippen LogP contribution >= 0.6 is 12.2 Å². The van der Waals surface area contributed by atoms with Crippen molar-refractivity contribution in [2.24, 2.45) is 11.1 Å². The number of hydrogen-bond acceptors (Lipinski definition) is 2. The van der Waals surface area contributed by atoms with Gasteiger partial charge in [0.1, 0.15) is 5.82 Å². The van der Waals surface area contributed by atoms with Gasteiger partial charge in [-0.2, -0.15) is 0 Å². The Morgan fingerprint density at radius 3 is 2.83 bits per heavy atom. The summed E-state index contributed by atoms with van der Waals surface area (Å²) in [5.41, 5.74) is 5.96. The van der Waals surface area contributed by atoms with E-state index in [0.717, 1.165) is 5.52 Å². The van der Waals surface area contributed by atoms with Crippen molar-refractivity contribution in [2.75, 3.05) is 0 Å². The van der Waals surface area contributed by atoms with Crippen molar-refractivity contribution in [3.8, 4) is 0 Å². The number of aromatic nitrogens is 2. The van der Waals surface area contributed by atoms with Crippen LogP contribution < -0.4 is 5.73 Å². The van der Waals surface area contributed by atoms with Crippen LogP contribution in [0.5, 0.6) is 0 Å². The van der Waals surface area contributed by atoms with Gasteiger partial charge in [-0.1, -0.05) is 0 Å². The first-order chi connectivity index (χ1) is 8.31. The van der Waals surface area contributed by atoms with Crippen molar-refractivity contribution in [1.29, 1.82) is 0 Å². The van der Waals surface area contributed by atoms with Crippen molar-refractivity contribution in [1.82, 2.24) is 9.55 Å². The summed E-state index contributed by atoms with van der Waals surface area (Å²) >= 11 is 5.18. The molecule has 2 aromatic rings. The minimum absolute atomic E-state index is 0.310. The largest absolute Gasteiger partial charge is 0.369 e. The van der Waals surface area contributed by atoms with Crippen molar-refractivity contribution in [2.45, 2.75) is 20.4 Å². The zero-order chi connectivity index (χ0) is 13.5. The Morgan fingerprint density at radius 2 is 2.22 bits per heavy atom. The summed E-state index contributed by atoms with van der Waals surface area (Å²) in [6, 6.07) is 4.37. The molecule has 4 nitrogen and oxygen atoms in total. The van der Waals surface area contributed by atoms with Crippen LogP contribution in [-0.2, 0) is 11.3 Å². The van der Waals surface area contributed by atoms with Gasteiger partial charge in [-0.3, -0.25) is 4.79 Å². The van der Waals surface area contributed by atoms with E-state index in [2.05, 4.69) is 4.98 Å². The third-order valence-electron chi connectivity index (χ3n) is 2.96. The Kier molecular flexibility index (Phi) is 2.98. The monoisotopic (exact) mass is 267 g/mol. The number of amides is 1. The maximum atomic E-state index is 13.3. The van der Waals surface area contributed by atoms with Gasteiger partial charge in [0.25, 0.3) is 0 Å². The predicted molar refractivity (Wildman–Crippen MR) is 70.1 cm³/mol. The highest BCUT2D eigenvalue weighted by Gasteiger charge is 2.26. The molecule has 1 aromatic heterocycles. The van der Waals surface area contributed by atoms with Gasteiger partial charge in [0.05, 0.1) is 16.4 Å². The first-order valence-electron chi connectivity index (χ1n) is 5.49. The maximum Gasteiger partial charge on any atom is 0.224 e. The van der Waals surface area contributed by atoms with Crippen LogP contribution in [0, 0.1) is 16.0 Å². The summed E-state index contributed by atoms with van der Waals surface area (Å²) in [5, 5.41) is 0. The zero-order valence-corrected chi connectivity index (χ0v) is 11.0. The van der Waals surface area contributed by atoms with Gasteiger partial charge >= 0.3 is 0 Å². The van der Waals surface area contributed by atoms with Crippen LogP contribution in [0.1, 0.15) is 13.8 Å². The molecule has 0 aliphatic heterocycles. The van der Waals surface area contributed by atoms with Gasteiger partial charge in [-0.25, -0.2) is 4.39 Å². The number of rotatable bonds is 3. The third kappa shape index (κ3) is 2.15. The molecule has 0 aliphatic rings. The van der Waals surface area contributed by atoms with E-state index < -0.39 is 11.3 Å². The van der Waals surface area contributed by atoms with Gasteiger partial charge in [0.15, 0.2) is 4.77 Å². The number of carbonyl (C=O) groups excluding carboxylic acids is 1. The third-order valence-corrected chi connectivity index (χ3v) is 3.28. The lowest BCUT2D eigenvalue weighted by Gasteiger charge is -2.21. The Balaban J connectivity index is 2.57. The summed E-state index contributed by atoms with van der Waals surface area (Å²) < 4.78 is 15.4. The Labute approximate surface area is 109 Å². The molecule has 3 N–H and O–H groups in total. The lowest BCUT2D eigenvalue weighted by atomic mass is 9.92. The number of aromatic amines is 1. The molecule has 1 aromatic carbocycles. The van der Waals surface area contributed by atoms with Crippen LogP contribution in [0.25, 0.3) is 11.0 Å². The summed E-state index contributed by atoms with van der Waals surface area (Å²) in [6.07, 6.45) is 0. The number of halogens is 1. The molecule has 0 atom stereocenters. The second-order valence-corrected chi connectivity index (χ2v) is 5.31. The molecular formula is C12H14FN3OS. The number of nitrogens with two attached hydrogens (primary N) is 1. The Morgan fingerprint density at radius 1 is 1.56 bits per heavy atom. The highest BCUT2D eigenvalue weighted by atomic mass is 32.1. The van der Waals surface area contributed by atoms with E-state index in [1.54, 1.807) is 24.5 Å². The minimum Gasteiger partial charge on any atom is -0.369 e. The van der Waals surface area contributed by atoms with Crippen LogP contribution in [0.2, 0.25) is 0 Å². The highest BCUT2D eigenvalue weighted by molar-refractivity contribution is 7.71. The number of benzene rings is 1. The maximum absolute atomic E-state index is 13.3. The van der Waals surface area contributed by atoms with Crippen LogP contribution in [0.4, 0.5) is 4.39 Å². The molecule has 2 rings (SSSR count). The fourth-order valence-corrected chi connectivity index (χ4v) is 2.03. The van der Waals surface area contributed by atoms with Crippen LogP contribution in [-0.4, -0.2) is 15.5 Å². The first kappa shape index (κ1) is 12.8. The van der Waals surface area contributed by atoms with E-state index in [9.17, 15) is 9.18 Å². The quantitative estimate of drug-likeness (QED) is 0.838. The first-order valence-corrected chi connectivity index (χ1v) is 5.90. The molecule has 0 saturated carbocycles. The molecule has 0 saturated heterocycles. The van der Waals surface area contributed by atoms with E-state index >= 15 is 0 Å². The average molecular weight is 267 g/mol. The SMILES string of the molecule is CC(C)(Cn1c(=S)[nH]c2ccc(F)cc21)C(N)=O. The number of H-pyrrole nitrogens is 1. The second kappa shape index (κ2) is 4.20. The average Bonchev–Trinajstić information content (AvgIpc) is 2.55. The molecule has 0 aliphatic carbocycles. The fourth-order valence-electron chi connectivity index (χ4n) is 1.76. The molecule has 0 unspecified atom stereocenters. The van der Waals surface area contributed by atoms with E-state index in [0.29, 0.717) is 16.8 Å². The topological polar surface area (TPSA) is 63.8 Å². The number of imidazole rings is 1. The Hall–Kier alpha value is -1.69. The molecule has 0 radical (unpaired) electrons. The van der Waals surface area contributed by atoms with Crippen molar-refractivity contribution >= 4 is 29.2 Å². The molecule has 96 valence electrons. The van der Waals surface area contributed by atoms with Crippen LogP contribution in [0.15, 0.2) is 18.2 Å². The molecule has 18 heavy (non-hydrogen) atoms. The van der Waals surface area contributed by atoms with E-state index in [1.807, 2.05) is 0 Å². The summed E-state index contributed by atoms with van der Waals surface area (Å²) in [7, 11) is 0. The highest BCUT2D eigenvalue weighted by Crippen LogP contribution is 2.22. The fraction of sp³-hybridized carbons (Fsp3) is 0.333. The minimum atomic E-state index is -0.750. The lowest BCUT2D eigenvalue weighted by Crippen LogP contribution is -2.35. The summed E-state index contributed by atoms with van der Waals surface area (Å²) in [4.78, 5) is 14.3. The molecule has 0 fully saturated rings. The normalized spacial score (nSPS) is 11.9. The Bertz CT molecular complexity index is 672. The molecule has 1 heterocycles. The van der Waals surface area contributed by atoms with E-state index in [4.69, 9.17) is 18.0 Å². The summed E-state index contributed by atoms with van der Waals surface area (Å²) in [5.74, 6) is -0.766. The summed E-state index contributed by atoms with van der Waals surface area (Å²) in [6.45, 7) is 3.77. The van der Waals surface area contributed by atoms with Gasteiger partial charge in [0.2, 0.25) is 5.91 Å². The predicted octanol–water partition coefficient (Wildman–Crippen LogP) is 2.35. The molecule has 0 spiro atoms. The smallest absolute Gasteiger partial charge is 0.224 e. The standard InChI is InChI=1S/C12H14FN3OS/c1-12(2,10(14)17)6-16-9-5-7(13)3-4-8(9)15-11(16)18/h3-5H,6H2,1-2H3,(H2,14,17)(H,15,18). The van der Waals surface area contributed by atoms with E-state index in [1.165, 1.54) is 12.1 Å². The molecular weight excluding hydrogens is 253 g/mol. The number of nitrogens with one attached hydrogen (secondary N) is 1. The van der Waals surface area contributed by atoms with Crippen molar-refractivity contribution in [3.05, 3.63) is 28.8 Å². The van der Waals surface area contributed by atoms with Crippen molar-refractivity contribution < 1.29 is 9.18 Å². The number of hydrogen-bond donors (Lipinski definition) is 2. The number of carbonyl (C=O) groups is 1. The number of fused-ring (bicyclic) bond motifs is 1. The molecule has 6 heteroatoms. The van der Waals surface area contributed by atoms with Gasteiger partial charge < -0.3 is 15.3 Å². The molecule has 0 bridgehead atoms. The zero-order valence-electron chi connectivity index (χ0n) is 10.2. The van der Waals surface area contributed by atoms with Gasteiger partial charge in [-0.15, -0.1) is 0 Å². The number of primary amides is 1. The second-order valence-electron chi connectivity index (χ2n) is 4.93. The molecule has 1 amide bonds. The van der Waals surface area contributed by atoms with Gasteiger partial charge in [-0.05, 0) is 44.3 Å². The van der Waals surface area contributed by atoms with Crippen LogP contribution in [0.3, 0.4) is 0 Å². The lowest BCUT2D eigenvalue weighted by molar-refractivity contribution is -0.126. The van der Waals surface area contributed by atoms with Gasteiger partial charge in [0, 0.05) is 6.54 Å².